The van der Waals surface area contributed by atoms with Crippen LogP contribution < -0.4 is 10.5 Å². The van der Waals surface area contributed by atoms with Crippen molar-refractivity contribution in [3.8, 4) is 0 Å². The molecule has 1 unspecified atom stereocenters. The summed E-state index contributed by atoms with van der Waals surface area (Å²) in [7, 11) is 0. The largest absolute Gasteiger partial charge is 0.391 e. The number of hydrogen-bond donors (Lipinski definition) is 2. The summed E-state index contributed by atoms with van der Waals surface area (Å²) in [5.74, 6) is 0.290. The third kappa shape index (κ3) is 1.76. The summed E-state index contributed by atoms with van der Waals surface area (Å²) in [5, 5.41) is 10.2. The number of anilines is 1. The number of β-amino-alcohol motifs (C(OH)–C–C–N with tert-alkyl or cyclic N) is 1. The maximum absolute atomic E-state index is 11.6. The fourth-order valence-corrected chi connectivity index (χ4v) is 2.08. The molecular weight excluding hydrogens is 234 g/mol. The number of nitrogens with one attached hydrogen (secondary N) is 1. The van der Waals surface area contributed by atoms with Crippen LogP contribution in [0, 0.1) is 0 Å². The molecule has 0 aliphatic carbocycles. The number of aliphatic hydroxyl groups is 1. The number of fused-ring (bicyclic) bond motifs is 1. The van der Waals surface area contributed by atoms with Crippen LogP contribution in [-0.2, 0) is 4.79 Å². The number of H-pyrrole nitrogens is 1. The number of aromatic amines is 1. The van der Waals surface area contributed by atoms with Crippen LogP contribution in [0.5, 0.6) is 0 Å². The molecule has 0 radical (unpaired) electrons. The third-order valence-electron chi connectivity index (χ3n) is 2.95. The first-order valence-electron chi connectivity index (χ1n) is 5.62. The van der Waals surface area contributed by atoms with E-state index in [1.807, 2.05) is 0 Å². The summed E-state index contributed by atoms with van der Waals surface area (Å²) in [6, 6.07) is 6.59. The van der Waals surface area contributed by atoms with Gasteiger partial charge in [0.15, 0.2) is 0 Å². The monoisotopic (exact) mass is 245 g/mol. The minimum absolute atomic E-state index is 0.116. The number of carbonyl (C=O) groups excluding carboxylic acids is 1. The van der Waals surface area contributed by atoms with Crippen LogP contribution in [0.1, 0.15) is 6.42 Å². The van der Waals surface area contributed by atoms with Crippen molar-refractivity contribution >= 4 is 22.8 Å². The molecule has 1 saturated heterocycles. The Morgan fingerprint density at radius 3 is 2.78 bits per heavy atom. The molecule has 0 aromatic carbocycles. The van der Waals surface area contributed by atoms with Gasteiger partial charge in [0.1, 0.15) is 11.5 Å². The Balaban J connectivity index is 2.08. The van der Waals surface area contributed by atoms with Crippen molar-refractivity contribution in [1.82, 2.24) is 9.97 Å². The molecule has 1 atom stereocenters. The van der Waals surface area contributed by atoms with Gasteiger partial charge in [0.05, 0.1) is 19.1 Å². The molecule has 1 amide bonds. The SMILES string of the molecule is O=C1CC(O)CN1c1ccc2ccc(=O)[nH]c2n1. The van der Waals surface area contributed by atoms with E-state index in [0.717, 1.165) is 5.39 Å². The maximum atomic E-state index is 11.6. The Kier molecular flexibility index (Phi) is 2.38. The van der Waals surface area contributed by atoms with Gasteiger partial charge in [-0.1, -0.05) is 0 Å². The first-order chi connectivity index (χ1) is 8.63. The van der Waals surface area contributed by atoms with E-state index in [0.29, 0.717) is 11.5 Å². The molecule has 0 spiro atoms. The Bertz CT molecular complexity index is 680. The van der Waals surface area contributed by atoms with Crippen LogP contribution in [0.3, 0.4) is 0 Å². The number of rotatable bonds is 1. The molecule has 1 aliphatic rings. The fourth-order valence-electron chi connectivity index (χ4n) is 2.08. The Hall–Kier alpha value is -2.21. The Morgan fingerprint density at radius 1 is 1.28 bits per heavy atom. The van der Waals surface area contributed by atoms with Crippen LogP contribution >= 0.6 is 0 Å². The lowest BCUT2D eigenvalue weighted by Gasteiger charge is -2.14. The highest BCUT2D eigenvalue weighted by molar-refractivity contribution is 5.96. The van der Waals surface area contributed by atoms with Gasteiger partial charge in [-0.15, -0.1) is 0 Å². The minimum atomic E-state index is -0.648. The average Bonchev–Trinajstić information content (AvgIpc) is 2.67. The van der Waals surface area contributed by atoms with E-state index >= 15 is 0 Å². The second kappa shape index (κ2) is 3.92. The van der Waals surface area contributed by atoms with Crippen molar-refractivity contribution in [2.24, 2.45) is 0 Å². The number of aliphatic hydroxyl groups excluding tert-OH is 1. The second-order valence-corrected chi connectivity index (χ2v) is 4.29. The summed E-state index contributed by atoms with van der Waals surface area (Å²) in [5.41, 5.74) is 0.203. The highest BCUT2D eigenvalue weighted by atomic mass is 16.3. The number of carbonyl (C=O) groups is 1. The predicted molar refractivity (Wildman–Crippen MR) is 65.3 cm³/mol. The van der Waals surface area contributed by atoms with Gasteiger partial charge in [0.25, 0.3) is 0 Å². The lowest BCUT2D eigenvalue weighted by molar-refractivity contribution is -0.117. The summed E-state index contributed by atoms with van der Waals surface area (Å²) < 4.78 is 0. The molecule has 0 saturated carbocycles. The van der Waals surface area contributed by atoms with E-state index in [1.54, 1.807) is 18.2 Å². The lowest BCUT2D eigenvalue weighted by Crippen LogP contribution is -2.26. The molecule has 6 heteroatoms. The molecule has 1 aliphatic heterocycles. The van der Waals surface area contributed by atoms with Crippen LogP contribution in [0.25, 0.3) is 11.0 Å². The highest BCUT2D eigenvalue weighted by Gasteiger charge is 2.29. The van der Waals surface area contributed by atoms with Crippen molar-refractivity contribution < 1.29 is 9.90 Å². The van der Waals surface area contributed by atoms with Crippen LogP contribution in [-0.4, -0.2) is 33.6 Å². The number of pyridine rings is 2. The van der Waals surface area contributed by atoms with Gasteiger partial charge in [-0.05, 0) is 18.2 Å². The molecular formula is C12H11N3O3. The standard InChI is InChI=1S/C12H11N3O3/c16-8-5-11(18)15(6-8)9-3-1-7-2-4-10(17)14-12(7)13-9/h1-4,8,16H,5-6H2,(H,13,14,17). The summed E-state index contributed by atoms with van der Waals surface area (Å²) >= 11 is 0. The number of nitrogens with zero attached hydrogens (tertiary/aromatic N) is 2. The van der Waals surface area contributed by atoms with E-state index in [1.165, 1.54) is 11.0 Å². The molecule has 3 heterocycles. The summed E-state index contributed by atoms with van der Waals surface area (Å²) in [6.45, 7) is 0.244. The molecule has 0 bridgehead atoms. The minimum Gasteiger partial charge on any atom is -0.391 e. The predicted octanol–water partition coefficient (Wildman–Crippen LogP) is 0.0207. The molecule has 6 nitrogen and oxygen atoms in total. The molecule has 92 valence electrons. The maximum Gasteiger partial charge on any atom is 0.249 e. The molecule has 3 rings (SSSR count). The molecule has 18 heavy (non-hydrogen) atoms. The quantitative estimate of drug-likeness (QED) is 0.741. The van der Waals surface area contributed by atoms with Crippen LogP contribution in [0.15, 0.2) is 29.1 Å². The summed E-state index contributed by atoms with van der Waals surface area (Å²) in [4.78, 5) is 31.1. The van der Waals surface area contributed by atoms with Crippen LogP contribution in [0.2, 0.25) is 0 Å². The molecule has 2 aromatic heterocycles. The van der Waals surface area contributed by atoms with E-state index in [4.69, 9.17) is 0 Å². The third-order valence-corrected chi connectivity index (χ3v) is 2.95. The van der Waals surface area contributed by atoms with E-state index in [2.05, 4.69) is 9.97 Å². The fraction of sp³-hybridized carbons (Fsp3) is 0.250. The highest BCUT2D eigenvalue weighted by Crippen LogP contribution is 2.21. The zero-order valence-electron chi connectivity index (χ0n) is 9.46. The number of hydrogen-bond acceptors (Lipinski definition) is 4. The van der Waals surface area contributed by atoms with Gasteiger partial charge in [0.2, 0.25) is 11.5 Å². The van der Waals surface area contributed by atoms with E-state index in [9.17, 15) is 14.7 Å². The average molecular weight is 245 g/mol. The number of aromatic nitrogens is 2. The number of amides is 1. The van der Waals surface area contributed by atoms with Crippen molar-refractivity contribution in [2.75, 3.05) is 11.4 Å². The first-order valence-corrected chi connectivity index (χ1v) is 5.62. The van der Waals surface area contributed by atoms with Crippen molar-refractivity contribution in [1.29, 1.82) is 0 Å². The Labute approximate surface area is 102 Å². The zero-order valence-corrected chi connectivity index (χ0v) is 9.46. The van der Waals surface area contributed by atoms with Crippen LogP contribution in [0.4, 0.5) is 5.82 Å². The molecule has 1 fully saturated rings. The molecule has 2 aromatic rings. The van der Waals surface area contributed by atoms with Gasteiger partial charge in [0, 0.05) is 11.5 Å². The van der Waals surface area contributed by atoms with Gasteiger partial charge in [-0.25, -0.2) is 4.98 Å². The van der Waals surface area contributed by atoms with Gasteiger partial charge < -0.3 is 10.1 Å². The normalized spacial score (nSPS) is 19.7. The van der Waals surface area contributed by atoms with Gasteiger partial charge >= 0.3 is 0 Å². The lowest BCUT2D eigenvalue weighted by atomic mass is 10.3. The van der Waals surface area contributed by atoms with Gasteiger partial charge in [-0.3, -0.25) is 14.5 Å². The smallest absolute Gasteiger partial charge is 0.249 e. The zero-order chi connectivity index (χ0) is 12.7. The van der Waals surface area contributed by atoms with Gasteiger partial charge in [-0.2, -0.15) is 0 Å². The Morgan fingerprint density at radius 2 is 2.06 bits per heavy atom. The van der Waals surface area contributed by atoms with Crippen molar-refractivity contribution in [3.05, 3.63) is 34.6 Å². The molecule has 2 N–H and O–H groups in total. The van der Waals surface area contributed by atoms with E-state index < -0.39 is 6.10 Å². The van der Waals surface area contributed by atoms with Crippen molar-refractivity contribution in [2.45, 2.75) is 12.5 Å². The topological polar surface area (TPSA) is 86.3 Å². The first kappa shape index (κ1) is 10.9. The van der Waals surface area contributed by atoms with Crippen molar-refractivity contribution in [3.63, 3.8) is 0 Å². The van der Waals surface area contributed by atoms with E-state index in [-0.39, 0.29) is 24.4 Å². The second-order valence-electron chi connectivity index (χ2n) is 4.29. The summed E-state index contributed by atoms with van der Waals surface area (Å²) in [6.07, 6.45) is -0.532.